The third kappa shape index (κ3) is 2.22. The maximum absolute atomic E-state index is 11.0. The van der Waals surface area contributed by atoms with Crippen molar-refractivity contribution in [2.45, 2.75) is 26.2 Å². The normalized spacial score (nSPS) is 11.5. The monoisotopic (exact) mass is 246 g/mol. The molecule has 2 aromatic rings. The van der Waals surface area contributed by atoms with Crippen LogP contribution in [0.2, 0.25) is 0 Å². The molecule has 0 amide bonds. The molecule has 0 aliphatic heterocycles. The second kappa shape index (κ2) is 4.21. The van der Waals surface area contributed by atoms with E-state index in [0.717, 1.165) is 5.69 Å². The van der Waals surface area contributed by atoms with Crippen LogP contribution in [0.5, 0.6) is 0 Å². The van der Waals surface area contributed by atoms with Crippen molar-refractivity contribution in [1.82, 2.24) is 19.7 Å². The van der Waals surface area contributed by atoms with Crippen molar-refractivity contribution >= 4 is 5.97 Å². The van der Waals surface area contributed by atoms with E-state index in [2.05, 4.69) is 15.1 Å². The first-order valence-corrected chi connectivity index (χ1v) is 5.50. The Hall–Kier alpha value is -2.24. The van der Waals surface area contributed by atoms with E-state index in [1.165, 1.54) is 6.33 Å². The molecule has 0 saturated carbocycles. The quantitative estimate of drug-likeness (QED) is 0.871. The maximum atomic E-state index is 11.0. The molecule has 0 bridgehead atoms. The highest BCUT2D eigenvalue weighted by Crippen LogP contribution is 2.25. The molecule has 0 saturated heterocycles. The number of hydrogen-bond donors (Lipinski definition) is 1. The molecule has 94 valence electrons. The molecule has 0 aliphatic rings. The molecule has 0 fully saturated rings. The van der Waals surface area contributed by atoms with Gasteiger partial charge in [-0.1, -0.05) is 20.8 Å². The number of carboxylic acids is 1. The third-order valence-corrected chi connectivity index (χ3v) is 2.48. The summed E-state index contributed by atoms with van der Waals surface area (Å²) in [5, 5.41) is 13.1. The Labute approximate surface area is 104 Å². The summed E-state index contributed by atoms with van der Waals surface area (Å²) in [6.45, 7) is 5.98. The van der Waals surface area contributed by atoms with E-state index >= 15 is 0 Å². The Morgan fingerprint density at radius 2 is 2.11 bits per heavy atom. The van der Waals surface area contributed by atoms with Crippen LogP contribution in [-0.2, 0) is 5.41 Å². The first kappa shape index (κ1) is 12.2. The smallest absolute Gasteiger partial charge is 0.356 e. The van der Waals surface area contributed by atoms with E-state index in [1.54, 1.807) is 23.0 Å². The van der Waals surface area contributed by atoms with E-state index in [1.807, 2.05) is 20.8 Å². The molecule has 6 heteroatoms. The van der Waals surface area contributed by atoms with E-state index in [9.17, 15) is 4.79 Å². The highest BCUT2D eigenvalue weighted by atomic mass is 16.4. The highest BCUT2D eigenvalue weighted by molar-refractivity contribution is 5.85. The summed E-state index contributed by atoms with van der Waals surface area (Å²) in [5.74, 6) is -0.490. The SMILES string of the molecule is CC(C)(C)c1cc(C(=O)O)nn1-c1ccncn1. The van der Waals surface area contributed by atoms with Crippen LogP contribution in [0, 0.1) is 0 Å². The molecule has 2 aromatic heterocycles. The van der Waals surface area contributed by atoms with E-state index in [0.29, 0.717) is 5.82 Å². The molecule has 0 radical (unpaired) electrons. The van der Waals surface area contributed by atoms with Gasteiger partial charge in [-0.2, -0.15) is 5.10 Å². The third-order valence-electron chi connectivity index (χ3n) is 2.48. The predicted molar refractivity (Wildman–Crippen MR) is 64.8 cm³/mol. The fourth-order valence-electron chi connectivity index (χ4n) is 1.60. The number of nitrogens with zero attached hydrogens (tertiary/aromatic N) is 4. The van der Waals surface area contributed by atoms with Crippen LogP contribution in [-0.4, -0.2) is 30.8 Å². The van der Waals surface area contributed by atoms with Crippen molar-refractivity contribution in [2.75, 3.05) is 0 Å². The minimum atomic E-state index is -1.05. The van der Waals surface area contributed by atoms with E-state index < -0.39 is 5.97 Å². The number of aromatic nitrogens is 4. The van der Waals surface area contributed by atoms with Gasteiger partial charge in [-0.25, -0.2) is 19.4 Å². The van der Waals surface area contributed by atoms with Gasteiger partial charge in [-0.05, 0) is 6.07 Å². The molecule has 6 nitrogen and oxygen atoms in total. The second-order valence-corrected chi connectivity index (χ2v) is 4.95. The molecule has 2 heterocycles. The minimum Gasteiger partial charge on any atom is -0.476 e. The fourth-order valence-corrected chi connectivity index (χ4v) is 1.60. The van der Waals surface area contributed by atoms with Crippen LogP contribution in [0.1, 0.15) is 37.0 Å². The molecule has 0 aliphatic carbocycles. The molecule has 2 rings (SSSR count). The molecule has 0 atom stereocenters. The number of hydrogen-bond acceptors (Lipinski definition) is 4. The van der Waals surface area contributed by atoms with E-state index in [-0.39, 0.29) is 11.1 Å². The topological polar surface area (TPSA) is 80.9 Å². The fraction of sp³-hybridized carbons (Fsp3) is 0.333. The first-order valence-electron chi connectivity index (χ1n) is 5.50. The van der Waals surface area contributed by atoms with Crippen molar-refractivity contribution in [3.05, 3.63) is 36.0 Å². The average molecular weight is 246 g/mol. The van der Waals surface area contributed by atoms with Crippen LogP contribution in [0.15, 0.2) is 24.7 Å². The summed E-state index contributed by atoms with van der Waals surface area (Å²) in [7, 11) is 0. The standard InChI is InChI=1S/C12H14N4O2/c1-12(2,3)9-6-8(11(17)18)15-16(9)10-4-5-13-7-14-10/h4-7H,1-3H3,(H,17,18). The predicted octanol–water partition coefficient (Wildman–Crippen LogP) is 1.66. The molecule has 0 spiro atoms. The van der Waals surface area contributed by atoms with Crippen LogP contribution in [0.25, 0.3) is 5.82 Å². The molecular formula is C12H14N4O2. The van der Waals surface area contributed by atoms with Crippen molar-refractivity contribution < 1.29 is 9.90 Å². The molecule has 0 unspecified atom stereocenters. The molecule has 18 heavy (non-hydrogen) atoms. The Bertz CT molecular complexity index is 570. The lowest BCUT2D eigenvalue weighted by Gasteiger charge is -2.19. The van der Waals surface area contributed by atoms with Crippen molar-refractivity contribution in [2.24, 2.45) is 0 Å². The molecule has 1 N–H and O–H groups in total. The van der Waals surface area contributed by atoms with Gasteiger partial charge in [-0.15, -0.1) is 0 Å². The first-order chi connectivity index (χ1) is 8.39. The number of rotatable bonds is 2. The van der Waals surface area contributed by atoms with Gasteiger partial charge in [0, 0.05) is 17.7 Å². The van der Waals surface area contributed by atoms with Gasteiger partial charge in [0.1, 0.15) is 6.33 Å². The van der Waals surface area contributed by atoms with Crippen LogP contribution < -0.4 is 0 Å². The Morgan fingerprint density at radius 3 is 2.61 bits per heavy atom. The van der Waals surface area contributed by atoms with Crippen molar-refractivity contribution in [3.8, 4) is 5.82 Å². The van der Waals surface area contributed by atoms with Gasteiger partial charge < -0.3 is 5.11 Å². The zero-order valence-electron chi connectivity index (χ0n) is 10.5. The summed E-state index contributed by atoms with van der Waals surface area (Å²) in [6, 6.07) is 3.26. The Balaban J connectivity index is 2.62. The lowest BCUT2D eigenvalue weighted by atomic mass is 9.92. The molecule has 0 aromatic carbocycles. The Kier molecular flexibility index (Phi) is 2.86. The zero-order valence-corrected chi connectivity index (χ0v) is 10.5. The average Bonchev–Trinajstić information content (AvgIpc) is 2.74. The van der Waals surface area contributed by atoms with Gasteiger partial charge in [-0.3, -0.25) is 0 Å². The number of carboxylic acid groups (broad SMARTS) is 1. The number of aromatic carboxylic acids is 1. The summed E-state index contributed by atoms with van der Waals surface area (Å²) in [4.78, 5) is 18.9. The van der Waals surface area contributed by atoms with Crippen molar-refractivity contribution in [1.29, 1.82) is 0 Å². The van der Waals surface area contributed by atoms with Crippen LogP contribution in [0.4, 0.5) is 0 Å². The Morgan fingerprint density at radius 1 is 1.39 bits per heavy atom. The van der Waals surface area contributed by atoms with Crippen LogP contribution in [0.3, 0.4) is 0 Å². The number of carbonyl (C=O) groups is 1. The minimum absolute atomic E-state index is 0.0125. The summed E-state index contributed by atoms with van der Waals surface area (Å²) >= 11 is 0. The lowest BCUT2D eigenvalue weighted by Crippen LogP contribution is -2.18. The summed E-state index contributed by atoms with van der Waals surface area (Å²) in [5.41, 5.74) is 0.572. The lowest BCUT2D eigenvalue weighted by molar-refractivity contribution is 0.0690. The second-order valence-electron chi connectivity index (χ2n) is 4.95. The maximum Gasteiger partial charge on any atom is 0.356 e. The summed E-state index contributed by atoms with van der Waals surface area (Å²) < 4.78 is 1.55. The molecular weight excluding hydrogens is 232 g/mol. The van der Waals surface area contributed by atoms with Gasteiger partial charge in [0.2, 0.25) is 0 Å². The van der Waals surface area contributed by atoms with Gasteiger partial charge in [0.05, 0.1) is 5.69 Å². The van der Waals surface area contributed by atoms with Crippen LogP contribution >= 0.6 is 0 Å². The van der Waals surface area contributed by atoms with Gasteiger partial charge in [0.15, 0.2) is 11.5 Å². The largest absolute Gasteiger partial charge is 0.476 e. The van der Waals surface area contributed by atoms with Gasteiger partial charge >= 0.3 is 5.97 Å². The summed E-state index contributed by atoms with van der Waals surface area (Å²) in [6.07, 6.45) is 3.00. The van der Waals surface area contributed by atoms with Gasteiger partial charge in [0.25, 0.3) is 0 Å². The van der Waals surface area contributed by atoms with E-state index in [4.69, 9.17) is 5.11 Å². The highest BCUT2D eigenvalue weighted by Gasteiger charge is 2.24. The van der Waals surface area contributed by atoms with Crippen molar-refractivity contribution in [3.63, 3.8) is 0 Å². The zero-order chi connectivity index (χ0) is 13.3.